The van der Waals surface area contributed by atoms with Gasteiger partial charge in [-0.2, -0.15) is 0 Å². The van der Waals surface area contributed by atoms with Crippen molar-refractivity contribution in [3.63, 3.8) is 0 Å². The number of aromatic nitrogens is 2. The molecule has 2 unspecified atom stereocenters. The van der Waals surface area contributed by atoms with E-state index in [0.29, 0.717) is 6.42 Å². The molecule has 2 atom stereocenters. The summed E-state index contributed by atoms with van der Waals surface area (Å²) in [5, 5.41) is 0. The first-order valence-corrected chi connectivity index (χ1v) is 7.06. The number of esters is 1. The number of hydrogen-bond acceptors (Lipinski definition) is 4. The fourth-order valence-electron chi connectivity index (χ4n) is 1.92. The second-order valence-electron chi connectivity index (χ2n) is 4.98. The predicted octanol–water partition coefficient (Wildman–Crippen LogP) is 2.18. The van der Waals surface area contributed by atoms with Crippen LogP contribution in [0.5, 0.6) is 0 Å². The van der Waals surface area contributed by atoms with Crippen LogP contribution in [0.15, 0.2) is 12.5 Å². The average molecular weight is 267 g/mol. The van der Waals surface area contributed by atoms with E-state index in [1.807, 2.05) is 6.92 Å². The van der Waals surface area contributed by atoms with Crippen molar-refractivity contribution in [3.8, 4) is 0 Å². The van der Waals surface area contributed by atoms with Gasteiger partial charge in [-0.25, -0.2) is 4.98 Å². The van der Waals surface area contributed by atoms with E-state index in [0.717, 1.165) is 18.5 Å². The van der Waals surface area contributed by atoms with Crippen LogP contribution in [0, 0.1) is 0 Å². The highest BCUT2D eigenvalue weighted by atomic mass is 16.5. The Morgan fingerprint density at radius 2 is 2.26 bits per heavy atom. The third-order valence-electron chi connectivity index (χ3n) is 3.08. The number of nitrogens with two attached hydrogens (primary N) is 1. The minimum atomic E-state index is -0.626. The Hall–Kier alpha value is -1.36. The largest absolute Gasteiger partial charge is 0.462 e. The van der Waals surface area contributed by atoms with Crippen molar-refractivity contribution in [1.29, 1.82) is 0 Å². The van der Waals surface area contributed by atoms with E-state index < -0.39 is 6.04 Å². The summed E-state index contributed by atoms with van der Waals surface area (Å²) in [6, 6.07) is -0.626. The summed E-state index contributed by atoms with van der Waals surface area (Å²) < 4.78 is 5.34. The first-order chi connectivity index (χ1) is 9.13. The summed E-state index contributed by atoms with van der Waals surface area (Å²) in [4.78, 5) is 18.6. The number of ether oxygens (including phenoxy) is 1. The molecule has 1 heterocycles. The third kappa shape index (κ3) is 6.38. The predicted molar refractivity (Wildman–Crippen MR) is 74.6 cm³/mol. The summed E-state index contributed by atoms with van der Waals surface area (Å²) in [6.07, 6.45) is 9.26. The molecule has 3 N–H and O–H groups in total. The quantitative estimate of drug-likeness (QED) is 0.531. The number of unbranched alkanes of at least 4 members (excludes halogenated alkanes) is 3. The topological polar surface area (TPSA) is 81.0 Å². The van der Waals surface area contributed by atoms with Crippen LogP contribution in [0.2, 0.25) is 0 Å². The van der Waals surface area contributed by atoms with Gasteiger partial charge in [-0.1, -0.05) is 26.2 Å². The van der Waals surface area contributed by atoms with E-state index in [-0.39, 0.29) is 12.1 Å². The molecule has 0 amide bonds. The Kier molecular flexibility index (Phi) is 7.18. The van der Waals surface area contributed by atoms with Gasteiger partial charge >= 0.3 is 5.97 Å². The summed E-state index contributed by atoms with van der Waals surface area (Å²) in [7, 11) is 0. The first-order valence-electron chi connectivity index (χ1n) is 7.06. The lowest BCUT2D eigenvalue weighted by atomic mass is 10.1. The van der Waals surface area contributed by atoms with Crippen molar-refractivity contribution < 1.29 is 9.53 Å². The average Bonchev–Trinajstić information content (AvgIpc) is 2.87. The molecule has 1 aromatic rings. The molecule has 5 heteroatoms. The molecular formula is C14H25N3O2. The number of imidazole rings is 1. The van der Waals surface area contributed by atoms with E-state index >= 15 is 0 Å². The monoisotopic (exact) mass is 267 g/mol. The Bertz CT molecular complexity index is 352. The number of aromatic amines is 1. The van der Waals surface area contributed by atoms with E-state index in [1.165, 1.54) is 19.3 Å². The van der Waals surface area contributed by atoms with Crippen LogP contribution in [0.3, 0.4) is 0 Å². The summed E-state index contributed by atoms with van der Waals surface area (Å²) >= 11 is 0. The highest BCUT2D eigenvalue weighted by molar-refractivity contribution is 5.75. The molecule has 1 aromatic heterocycles. The van der Waals surface area contributed by atoms with Gasteiger partial charge in [0.05, 0.1) is 12.4 Å². The van der Waals surface area contributed by atoms with Crippen molar-refractivity contribution in [2.24, 2.45) is 5.73 Å². The summed E-state index contributed by atoms with van der Waals surface area (Å²) in [5.41, 5.74) is 6.66. The van der Waals surface area contributed by atoms with Crippen LogP contribution in [0.4, 0.5) is 0 Å². The summed E-state index contributed by atoms with van der Waals surface area (Å²) in [5.74, 6) is -0.336. The van der Waals surface area contributed by atoms with E-state index in [4.69, 9.17) is 10.5 Å². The van der Waals surface area contributed by atoms with Crippen LogP contribution < -0.4 is 5.73 Å². The van der Waals surface area contributed by atoms with Gasteiger partial charge in [-0.05, 0) is 19.8 Å². The highest BCUT2D eigenvalue weighted by Crippen LogP contribution is 2.09. The molecule has 1 rings (SSSR count). The van der Waals surface area contributed by atoms with E-state index in [2.05, 4.69) is 16.9 Å². The molecule has 5 nitrogen and oxygen atoms in total. The third-order valence-corrected chi connectivity index (χ3v) is 3.08. The van der Waals surface area contributed by atoms with Gasteiger partial charge in [0.2, 0.25) is 0 Å². The number of hydrogen-bond donors (Lipinski definition) is 2. The second kappa shape index (κ2) is 8.69. The van der Waals surface area contributed by atoms with Crippen LogP contribution >= 0.6 is 0 Å². The maximum atomic E-state index is 11.8. The lowest BCUT2D eigenvalue weighted by Gasteiger charge is -2.16. The van der Waals surface area contributed by atoms with Crippen molar-refractivity contribution in [2.75, 3.05) is 0 Å². The minimum Gasteiger partial charge on any atom is -0.462 e. The van der Waals surface area contributed by atoms with Gasteiger partial charge in [0.1, 0.15) is 6.04 Å². The number of nitrogens with one attached hydrogen (secondary N) is 1. The highest BCUT2D eigenvalue weighted by Gasteiger charge is 2.18. The Labute approximate surface area is 114 Å². The van der Waals surface area contributed by atoms with Crippen molar-refractivity contribution >= 4 is 5.97 Å². The van der Waals surface area contributed by atoms with Gasteiger partial charge in [-0.15, -0.1) is 0 Å². The van der Waals surface area contributed by atoms with Gasteiger partial charge in [0.25, 0.3) is 0 Å². The van der Waals surface area contributed by atoms with Crippen LogP contribution in [-0.2, 0) is 16.0 Å². The van der Waals surface area contributed by atoms with Crippen molar-refractivity contribution in [1.82, 2.24) is 9.97 Å². The number of carbonyl (C=O) groups is 1. The number of carbonyl (C=O) groups excluding carboxylic acids is 1. The zero-order chi connectivity index (χ0) is 14.1. The van der Waals surface area contributed by atoms with E-state index in [9.17, 15) is 4.79 Å². The molecule has 108 valence electrons. The molecule has 0 radical (unpaired) electrons. The van der Waals surface area contributed by atoms with Crippen LogP contribution in [0.25, 0.3) is 0 Å². The zero-order valence-corrected chi connectivity index (χ0v) is 11.9. The molecule has 0 spiro atoms. The van der Waals surface area contributed by atoms with Crippen molar-refractivity contribution in [2.45, 2.75) is 64.5 Å². The lowest BCUT2D eigenvalue weighted by Crippen LogP contribution is -2.36. The SMILES string of the molecule is CCCCCCC(C)OC(=O)C(N)Cc1cnc[nH]1. The zero-order valence-electron chi connectivity index (χ0n) is 11.9. The van der Waals surface area contributed by atoms with Gasteiger partial charge < -0.3 is 15.5 Å². The molecule has 19 heavy (non-hydrogen) atoms. The molecule has 0 aliphatic carbocycles. The number of rotatable bonds is 9. The molecule has 0 saturated heterocycles. The molecule has 0 bridgehead atoms. The fraction of sp³-hybridized carbons (Fsp3) is 0.714. The van der Waals surface area contributed by atoms with Crippen molar-refractivity contribution in [3.05, 3.63) is 18.2 Å². The molecule has 0 aliphatic rings. The standard InChI is InChI=1S/C14H25N3O2/c1-3-4-5-6-7-11(2)19-14(18)13(15)8-12-9-16-10-17-12/h9-11,13H,3-8,15H2,1-2H3,(H,16,17). The number of H-pyrrole nitrogens is 1. The van der Waals surface area contributed by atoms with Gasteiger partial charge in [0, 0.05) is 18.3 Å². The summed E-state index contributed by atoms with van der Waals surface area (Å²) in [6.45, 7) is 4.10. The minimum absolute atomic E-state index is 0.0582. The smallest absolute Gasteiger partial charge is 0.323 e. The van der Waals surface area contributed by atoms with Gasteiger partial charge in [0.15, 0.2) is 0 Å². The Balaban J connectivity index is 2.21. The normalized spacial score (nSPS) is 14.1. The molecule has 0 aliphatic heterocycles. The fourth-order valence-corrected chi connectivity index (χ4v) is 1.92. The molecule has 0 aromatic carbocycles. The Morgan fingerprint density at radius 3 is 2.89 bits per heavy atom. The molecule has 0 saturated carbocycles. The van der Waals surface area contributed by atoms with Crippen LogP contribution in [0.1, 0.15) is 51.6 Å². The first kappa shape index (κ1) is 15.7. The van der Waals surface area contributed by atoms with Crippen LogP contribution in [-0.4, -0.2) is 28.1 Å². The molecular weight excluding hydrogens is 242 g/mol. The maximum Gasteiger partial charge on any atom is 0.323 e. The second-order valence-corrected chi connectivity index (χ2v) is 4.98. The van der Waals surface area contributed by atoms with Gasteiger partial charge in [-0.3, -0.25) is 4.79 Å². The lowest BCUT2D eigenvalue weighted by molar-refractivity contribution is -0.150. The van der Waals surface area contributed by atoms with E-state index in [1.54, 1.807) is 12.5 Å². The number of nitrogens with zero attached hydrogens (tertiary/aromatic N) is 1. The maximum absolute atomic E-state index is 11.8. The molecule has 0 fully saturated rings. The Morgan fingerprint density at radius 1 is 1.47 bits per heavy atom.